The van der Waals surface area contributed by atoms with Gasteiger partial charge >= 0.3 is 5.63 Å². The van der Waals surface area contributed by atoms with Crippen LogP contribution in [-0.2, 0) is 0 Å². The maximum atomic E-state index is 12.2. The molecule has 1 heterocycles. The standard InChI is InChI=1S/C18H13BrN2O4/c1-24-14-6-7-16-12(8-14)9-15(18(23)25-16)17(22)21-20-10-11-2-4-13(19)5-3-11/h2-10H,1H3,(H,21,22)/b20-10+. The van der Waals surface area contributed by atoms with Crippen molar-refractivity contribution in [1.82, 2.24) is 5.43 Å². The molecule has 25 heavy (non-hydrogen) atoms. The number of rotatable bonds is 4. The van der Waals surface area contributed by atoms with Crippen molar-refractivity contribution in [2.45, 2.75) is 0 Å². The van der Waals surface area contributed by atoms with Gasteiger partial charge in [0.15, 0.2) is 0 Å². The first-order valence-corrected chi connectivity index (χ1v) is 8.07. The fraction of sp³-hybridized carbons (Fsp3) is 0.0556. The van der Waals surface area contributed by atoms with Crippen LogP contribution < -0.4 is 15.8 Å². The molecule has 6 nitrogen and oxygen atoms in total. The van der Waals surface area contributed by atoms with Gasteiger partial charge < -0.3 is 9.15 Å². The summed E-state index contributed by atoms with van der Waals surface area (Å²) < 4.78 is 11.2. The van der Waals surface area contributed by atoms with Crippen molar-refractivity contribution in [1.29, 1.82) is 0 Å². The molecule has 3 rings (SSSR count). The lowest BCUT2D eigenvalue weighted by atomic mass is 10.1. The molecule has 2 aromatic carbocycles. The van der Waals surface area contributed by atoms with Gasteiger partial charge in [0, 0.05) is 9.86 Å². The highest BCUT2D eigenvalue weighted by molar-refractivity contribution is 9.10. The number of nitrogens with one attached hydrogen (secondary N) is 1. The van der Waals surface area contributed by atoms with Gasteiger partial charge in [0.25, 0.3) is 5.91 Å². The Morgan fingerprint density at radius 2 is 1.96 bits per heavy atom. The molecule has 0 atom stereocenters. The van der Waals surface area contributed by atoms with Crippen LogP contribution in [0.1, 0.15) is 15.9 Å². The zero-order chi connectivity index (χ0) is 17.8. The summed E-state index contributed by atoms with van der Waals surface area (Å²) in [6, 6.07) is 13.8. The van der Waals surface area contributed by atoms with Crippen LogP contribution in [0.25, 0.3) is 11.0 Å². The minimum Gasteiger partial charge on any atom is -0.497 e. The predicted octanol–water partition coefficient (Wildman–Crippen LogP) is 3.33. The number of hydrazone groups is 1. The number of ether oxygens (including phenoxy) is 1. The van der Waals surface area contributed by atoms with E-state index in [0.717, 1.165) is 10.0 Å². The van der Waals surface area contributed by atoms with E-state index in [0.29, 0.717) is 16.7 Å². The van der Waals surface area contributed by atoms with E-state index in [4.69, 9.17) is 9.15 Å². The van der Waals surface area contributed by atoms with Crippen LogP contribution in [0.5, 0.6) is 5.75 Å². The Kier molecular flexibility index (Phi) is 4.95. The van der Waals surface area contributed by atoms with E-state index in [1.807, 2.05) is 24.3 Å². The van der Waals surface area contributed by atoms with Gasteiger partial charge in [-0.15, -0.1) is 0 Å². The van der Waals surface area contributed by atoms with Crippen molar-refractivity contribution in [3.8, 4) is 5.75 Å². The van der Waals surface area contributed by atoms with Gasteiger partial charge in [-0.05, 0) is 42.0 Å². The molecule has 1 N–H and O–H groups in total. The second kappa shape index (κ2) is 7.31. The van der Waals surface area contributed by atoms with Crippen molar-refractivity contribution >= 4 is 39.0 Å². The number of fused-ring (bicyclic) bond motifs is 1. The molecule has 0 unspecified atom stereocenters. The summed E-state index contributed by atoms with van der Waals surface area (Å²) in [5.74, 6) is -0.0483. The van der Waals surface area contributed by atoms with Crippen LogP contribution in [-0.4, -0.2) is 19.2 Å². The van der Waals surface area contributed by atoms with E-state index in [1.54, 1.807) is 18.2 Å². The molecule has 0 bridgehead atoms. The average Bonchev–Trinajstić information content (AvgIpc) is 2.62. The monoisotopic (exact) mass is 400 g/mol. The molecule has 0 saturated heterocycles. The van der Waals surface area contributed by atoms with Gasteiger partial charge in [0.05, 0.1) is 13.3 Å². The molecular weight excluding hydrogens is 388 g/mol. The summed E-state index contributed by atoms with van der Waals surface area (Å²) in [5, 5.41) is 4.44. The number of hydrogen-bond donors (Lipinski definition) is 1. The van der Waals surface area contributed by atoms with E-state index >= 15 is 0 Å². The maximum absolute atomic E-state index is 12.2. The van der Waals surface area contributed by atoms with Crippen LogP contribution in [0.2, 0.25) is 0 Å². The zero-order valence-corrected chi connectivity index (χ0v) is 14.7. The fourth-order valence-electron chi connectivity index (χ4n) is 2.16. The molecule has 1 aromatic heterocycles. The number of methoxy groups -OCH3 is 1. The minimum absolute atomic E-state index is 0.131. The lowest BCUT2D eigenvalue weighted by molar-refractivity contribution is 0.0951. The molecule has 126 valence electrons. The van der Waals surface area contributed by atoms with Crippen LogP contribution in [0.3, 0.4) is 0 Å². The van der Waals surface area contributed by atoms with Crippen LogP contribution in [0, 0.1) is 0 Å². The Labute approximate surface area is 151 Å². The van der Waals surface area contributed by atoms with Crippen molar-refractivity contribution < 1.29 is 13.9 Å². The van der Waals surface area contributed by atoms with Crippen molar-refractivity contribution in [2.24, 2.45) is 5.10 Å². The van der Waals surface area contributed by atoms with Crippen molar-refractivity contribution in [2.75, 3.05) is 7.11 Å². The first-order chi connectivity index (χ1) is 12.1. The first-order valence-electron chi connectivity index (χ1n) is 7.28. The Morgan fingerprint density at radius 1 is 1.20 bits per heavy atom. The predicted molar refractivity (Wildman–Crippen MR) is 98.2 cm³/mol. The summed E-state index contributed by atoms with van der Waals surface area (Å²) in [4.78, 5) is 24.2. The highest BCUT2D eigenvalue weighted by atomic mass is 79.9. The molecule has 0 aliphatic carbocycles. The number of amides is 1. The van der Waals surface area contributed by atoms with Crippen molar-refractivity contribution in [3.05, 3.63) is 74.6 Å². The van der Waals surface area contributed by atoms with E-state index in [9.17, 15) is 9.59 Å². The summed E-state index contributed by atoms with van der Waals surface area (Å²) in [6.45, 7) is 0. The molecule has 1 amide bonds. The van der Waals surface area contributed by atoms with Crippen LogP contribution in [0.15, 0.2) is 67.3 Å². The van der Waals surface area contributed by atoms with Crippen molar-refractivity contribution in [3.63, 3.8) is 0 Å². The first kappa shape index (κ1) is 16.9. The minimum atomic E-state index is -0.728. The molecule has 0 fully saturated rings. The highest BCUT2D eigenvalue weighted by Gasteiger charge is 2.13. The third-order valence-electron chi connectivity index (χ3n) is 3.43. The van der Waals surface area contributed by atoms with E-state index in [2.05, 4.69) is 26.5 Å². The van der Waals surface area contributed by atoms with E-state index in [-0.39, 0.29) is 5.56 Å². The molecule has 0 saturated carbocycles. The lowest BCUT2D eigenvalue weighted by Crippen LogP contribution is -2.24. The van der Waals surface area contributed by atoms with Crippen LogP contribution >= 0.6 is 15.9 Å². The van der Waals surface area contributed by atoms with E-state index in [1.165, 1.54) is 19.4 Å². The maximum Gasteiger partial charge on any atom is 0.349 e. The Morgan fingerprint density at radius 3 is 2.68 bits per heavy atom. The topological polar surface area (TPSA) is 80.9 Å². The second-order valence-electron chi connectivity index (χ2n) is 5.10. The normalized spacial score (nSPS) is 11.0. The third kappa shape index (κ3) is 3.95. The molecule has 3 aromatic rings. The molecule has 7 heteroatoms. The summed E-state index contributed by atoms with van der Waals surface area (Å²) in [7, 11) is 1.53. The SMILES string of the molecule is COc1ccc2oc(=O)c(C(=O)N/N=C/c3ccc(Br)cc3)cc2c1. The Hall–Kier alpha value is -2.93. The second-order valence-corrected chi connectivity index (χ2v) is 6.02. The summed E-state index contributed by atoms with van der Waals surface area (Å²) in [5.41, 5.74) is 2.65. The zero-order valence-electron chi connectivity index (χ0n) is 13.2. The molecular formula is C18H13BrN2O4. The number of hydrogen-bond acceptors (Lipinski definition) is 5. The number of nitrogens with zero attached hydrogens (tertiary/aromatic N) is 1. The third-order valence-corrected chi connectivity index (χ3v) is 3.96. The molecule has 0 spiro atoms. The van der Waals surface area contributed by atoms with Gasteiger partial charge in [-0.3, -0.25) is 4.79 Å². The fourth-order valence-corrected chi connectivity index (χ4v) is 2.43. The Bertz CT molecular complexity index is 1010. The van der Waals surface area contributed by atoms with Crippen LogP contribution in [0.4, 0.5) is 0 Å². The number of carbonyl (C=O) groups excluding carboxylic acids is 1. The summed E-state index contributed by atoms with van der Waals surface area (Å²) >= 11 is 3.34. The average molecular weight is 401 g/mol. The lowest BCUT2D eigenvalue weighted by Gasteiger charge is -2.03. The quantitative estimate of drug-likeness (QED) is 0.413. The van der Waals surface area contributed by atoms with Gasteiger partial charge in [-0.1, -0.05) is 28.1 Å². The number of halogens is 1. The van der Waals surface area contributed by atoms with Gasteiger partial charge in [-0.25, -0.2) is 10.2 Å². The van der Waals surface area contributed by atoms with E-state index < -0.39 is 11.5 Å². The number of carbonyl (C=O) groups is 1. The highest BCUT2D eigenvalue weighted by Crippen LogP contribution is 2.20. The van der Waals surface area contributed by atoms with Gasteiger partial charge in [0.1, 0.15) is 16.9 Å². The Balaban J connectivity index is 1.82. The molecule has 0 aliphatic rings. The molecule has 0 aliphatic heterocycles. The van der Waals surface area contributed by atoms with Gasteiger partial charge in [0.2, 0.25) is 0 Å². The van der Waals surface area contributed by atoms with Gasteiger partial charge in [-0.2, -0.15) is 5.10 Å². The molecule has 0 radical (unpaired) electrons. The smallest absolute Gasteiger partial charge is 0.349 e. The number of benzene rings is 2. The largest absolute Gasteiger partial charge is 0.497 e. The summed E-state index contributed by atoms with van der Waals surface area (Å²) in [6.07, 6.45) is 1.48.